The molecular formula is C38H39N7O3. The van der Waals surface area contributed by atoms with Gasteiger partial charge >= 0.3 is 0 Å². The van der Waals surface area contributed by atoms with Gasteiger partial charge in [0.2, 0.25) is 23.6 Å². The fourth-order valence-electron chi connectivity index (χ4n) is 7.64. The van der Waals surface area contributed by atoms with E-state index >= 15 is 0 Å². The van der Waals surface area contributed by atoms with Gasteiger partial charge in [0, 0.05) is 29.9 Å². The summed E-state index contributed by atoms with van der Waals surface area (Å²) in [6.07, 6.45) is 3.59. The fourth-order valence-corrected chi connectivity index (χ4v) is 7.64. The number of hydrogen-bond donors (Lipinski definition) is 3. The number of carbonyl (C=O) groups is 2. The maximum absolute atomic E-state index is 13.3. The lowest BCUT2D eigenvalue weighted by Gasteiger charge is -2.34. The first kappa shape index (κ1) is 31.3. The van der Waals surface area contributed by atoms with Gasteiger partial charge in [-0.1, -0.05) is 42.5 Å². The van der Waals surface area contributed by atoms with Gasteiger partial charge < -0.3 is 25.7 Å². The lowest BCUT2D eigenvalue weighted by atomic mass is 9.69. The zero-order valence-electron chi connectivity index (χ0n) is 27.3. The van der Waals surface area contributed by atoms with Crippen molar-refractivity contribution in [2.75, 3.05) is 20.1 Å². The standard InChI is InChI=1S/C38H39N7O3/c1-22-4-6-24(7-5-22)36-43-44-37(48-36)38(14-15-42-21-34(46)45-30(20-39)18-29-19-33(29)45)31-12-10-25(23(2)41-3)16-26(31)8-9-27-17-28(35(40)47)11-13-32(27)38/h4-7,10-13,16-17,29-30,33,41-42H,2,8-9,14-15,18-19,21H2,1,3H3,(H2,40,47)/t29-,30?,33+,38?/m1/s1. The Labute approximate surface area is 280 Å². The first-order valence-corrected chi connectivity index (χ1v) is 16.5. The van der Waals surface area contributed by atoms with Crippen molar-refractivity contribution in [1.29, 1.82) is 5.26 Å². The predicted molar refractivity (Wildman–Crippen MR) is 182 cm³/mol. The van der Waals surface area contributed by atoms with Crippen LogP contribution >= 0.6 is 0 Å². The van der Waals surface area contributed by atoms with Gasteiger partial charge in [-0.2, -0.15) is 5.26 Å². The Morgan fingerprint density at radius 3 is 2.40 bits per heavy atom. The quantitative estimate of drug-likeness (QED) is 0.218. The van der Waals surface area contributed by atoms with Crippen LogP contribution in [0, 0.1) is 24.2 Å². The van der Waals surface area contributed by atoms with Crippen LogP contribution in [0.15, 0.2) is 71.7 Å². The third-order valence-electron chi connectivity index (χ3n) is 10.3. The molecule has 2 unspecified atom stereocenters. The Kier molecular flexibility index (Phi) is 8.09. The van der Waals surface area contributed by atoms with Crippen molar-refractivity contribution in [2.45, 2.75) is 56.5 Å². The number of fused-ring (bicyclic) bond motifs is 3. The molecule has 7 rings (SSSR count). The number of nitrogens with one attached hydrogen (secondary N) is 2. The molecule has 4 aromatic rings. The van der Waals surface area contributed by atoms with Gasteiger partial charge in [0.1, 0.15) is 11.5 Å². The summed E-state index contributed by atoms with van der Waals surface area (Å²) in [4.78, 5) is 27.4. The molecular weight excluding hydrogens is 602 g/mol. The maximum atomic E-state index is 13.3. The Morgan fingerprint density at radius 1 is 1.04 bits per heavy atom. The smallest absolute Gasteiger partial charge is 0.248 e. The average Bonchev–Trinajstić information content (AvgIpc) is 3.53. The monoisotopic (exact) mass is 641 g/mol. The van der Waals surface area contributed by atoms with E-state index in [1.165, 1.54) is 0 Å². The lowest BCUT2D eigenvalue weighted by molar-refractivity contribution is -0.131. The molecule has 4 N–H and O–H groups in total. The molecule has 3 aromatic carbocycles. The van der Waals surface area contributed by atoms with Crippen molar-refractivity contribution < 1.29 is 14.0 Å². The van der Waals surface area contributed by atoms with E-state index in [-0.39, 0.29) is 24.5 Å². The number of nitrogens with two attached hydrogens (primary N) is 1. The molecule has 1 saturated heterocycles. The minimum atomic E-state index is -0.923. The minimum Gasteiger partial charge on any atom is -0.419 e. The third-order valence-corrected chi connectivity index (χ3v) is 10.3. The second-order valence-electron chi connectivity index (χ2n) is 13.2. The van der Waals surface area contributed by atoms with E-state index in [2.05, 4.69) is 40.5 Å². The Hall–Kier alpha value is -5.27. The topological polar surface area (TPSA) is 150 Å². The molecule has 48 heavy (non-hydrogen) atoms. The van der Waals surface area contributed by atoms with Crippen LogP contribution in [0.4, 0.5) is 0 Å². The van der Waals surface area contributed by atoms with Crippen molar-refractivity contribution in [3.05, 3.63) is 112 Å². The molecule has 0 bridgehead atoms. The van der Waals surface area contributed by atoms with Crippen molar-refractivity contribution in [2.24, 2.45) is 11.7 Å². The van der Waals surface area contributed by atoms with E-state index in [0.717, 1.165) is 57.5 Å². The SMILES string of the molecule is C=C(NC)c1ccc2c(c1)CCc1cc(C(N)=O)ccc1C2(CCNCC(=O)N1C(C#N)C[C@@H]2C[C@@H]21)c1nnc(-c2ccc(C)cc2)o1. The predicted octanol–water partition coefficient (Wildman–Crippen LogP) is 4.26. The van der Waals surface area contributed by atoms with E-state index in [1.807, 2.05) is 56.4 Å². The van der Waals surface area contributed by atoms with Gasteiger partial charge in [-0.05, 0) is 110 Å². The molecule has 10 heteroatoms. The fraction of sp³-hybridized carbons (Fsp3) is 0.342. The highest BCUT2D eigenvalue weighted by atomic mass is 16.4. The summed E-state index contributed by atoms with van der Waals surface area (Å²) in [6.45, 7) is 6.77. The van der Waals surface area contributed by atoms with E-state index in [0.29, 0.717) is 49.1 Å². The number of carbonyl (C=O) groups excluding carboxylic acids is 2. The molecule has 1 aliphatic heterocycles. The lowest BCUT2D eigenvalue weighted by Crippen LogP contribution is -2.44. The molecule has 244 valence electrons. The van der Waals surface area contributed by atoms with Gasteiger partial charge in [-0.3, -0.25) is 9.59 Å². The van der Waals surface area contributed by atoms with Crippen molar-refractivity contribution in [1.82, 2.24) is 25.7 Å². The molecule has 0 spiro atoms. The Morgan fingerprint density at radius 2 is 1.73 bits per heavy atom. The number of amides is 2. The van der Waals surface area contributed by atoms with Crippen LogP contribution in [0.3, 0.4) is 0 Å². The minimum absolute atomic E-state index is 0.0527. The average molecular weight is 642 g/mol. The molecule has 0 radical (unpaired) electrons. The molecule has 2 heterocycles. The molecule has 1 aromatic heterocycles. The first-order chi connectivity index (χ1) is 23.2. The number of likely N-dealkylation sites (tertiary alicyclic amines) is 1. The summed E-state index contributed by atoms with van der Waals surface area (Å²) in [7, 11) is 1.85. The number of piperidine rings is 1. The second-order valence-corrected chi connectivity index (χ2v) is 13.2. The maximum Gasteiger partial charge on any atom is 0.248 e. The third kappa shape index (κ3) is 5.44. The number of rotatable bonds is 10. The normalized spacial score (nSPS) is 22.1. The first-order valence-electron chi connectivity index (χ1n) is 16.5. The van der Waals surface area contributed by atoms with Gasteiger partial charge in [0.25, 0.3) is 0 Å². The van der Waals surface area contributed by atoms with Crippen molar-refractivity contribution in [3.63, 3.8) is 0 Å². The van der Waals surface area contributed by atoms with Crippen LogP contribution in [0.25, 0.3) is 17.2 Å². The zero-order chi connectivity index (χ0) is 33.6. The summed E-state index contributed by atoms with van der Waals surface area (Å²) in [5.74, 6) is 0.739. The van der Waals surface area contributed by atoms with Gasteiger partial charge in [-0.15, -0.1) is 10.2 Å². The zero-order valence-corrected chi connectivity index (χ0v) is 27.3. The highest BCUT2D eigenvalue weighted by Crippen LogP contribution is 2.49. The largest absolute Gasteiger partial charge is 0.419 e. The summed E-state index contributed by atoms with van der Waals surface area (Å²) >= 11 is 0. The summed E-state index contributed by atoms with van der Waals surface area (Å²) in [6, 6.07) is 22.0. The number of aromatic nitrogens is 2. The summed E-state index contributed by atoms with van der Waals surface area (Å²) in [5.41, 5.74) is 13.0. The van der Waals surface area contributed by atoms with E-state index in [9.17, 15) is 14.9 Å². The Bertz CT molecular complexity index is 1960. The van der Waals surface area contributed by atoms with E-state index < -0.39 is 11.3 Å². The molecule has 2 aliphatic carbocycles. The second kappa shape index (κ2) is 12.4. The van der Waals surface area contributed by atoms with Crippen LogP contribution < -0.4 is 16.4 Å². The molecule has 10 nitrogen and oxygen atoms in total. The molecule has 2 fully saturated rings. The molecule has 3 aliphatic rings. The van der Waals surface area contributed by atoms with Crippen LogP contribution in [0.2, 0.25) is 0 Å². The summed E-state index contributed by atoms with van der Waals surface area (Å²) < 4.78 is 6.62. The number of nitrogens with zero attached hydrogens (tertiary/aromatic N) is 4. The number of benzene rings is 3. The number of nitriles is 1. The van der Waals surface area contributed by atoms with Crippen LogP contribution in [0.1, 0.15) is 68.9 Å². The van der Waals surface area contributed by atoms with Gasteiger partial charge in [-0.25, -0.2) is 0 Å². The molecule has 2 amide bonds. The van der Waals surface area contributed by atoms with Crippen molar-refractivity contribution >= 4 is 17.5 Å². The highest BCUT2D eigenvalue weighted by molar-refractivity contribution is 5.93. The Balaban J connectivity index is 1.32. The highest BCUT2D eigenvalue weighted by Gasteiger charge is 2.54. The number of aryl methyl sites for hydroxylation is 3. The number of hydrogen-bond acceptors (Lipinski definition) is 8. The van der Waals surface area contributed by atoms with Crippen molar-refractivity contribution in [3.8, 4) is 17.5 Å². The number of primary amides is 1. The molecule has 4 atom stereocenters. The van der Waals surface area contributed by atoms with E-state index in [4.69, 9.17) is 15.2 Å². The van der Waals surface area contributed by atoms with E-state index in [1.54, 1.807) is 11.0 Å². The van der Waals surface area contributed by atoms with Crippen LogP contribution in [-0.2, 0) is 23.1 Å². The van der Waals surface area contributed by atoms with Crippen LogP contribution in [-0.4, -0.2) is 59.1 Å². The van der Waals surface area contributed by atoms with Crippen LogP contribution in [0.5, 0.6) is 0 Å². The summed E-state index contributed by atoms with van der Waals surface area (Å²) in [5, 5.41) is 25.4. The van der Waals surface area contributed by atoms with Gasteiger partial charge in [0.15, 0.2) is 0 Å². The molecule has 1 saturated carbocycles. The van der Waals surface area contributed by atoms with Gasteiger partial charge in [0.05, 0.1) is 12.6 Å².